The highest BCUT2D eigenvalue weighted by Crippen LogP contribution is 2.29. The zero-order valence-corrected chi connectivity index (χ0v) is 8.88. The third-order valence-corrected chi connectivity index (χ3v) is 2.31. The lowest BCUT2D eigenvalue weighted by Gasteiger charge is -2.08. The highest BCUT2D eigenvalue weighted by molar-refractivity contribution is 5.78. The van der Waals surface area contributed by atoms with Gasteiger partial charge in [0.15, 0.2) is 6.29 Å². The highest BCUT2D eigenvalue weighted by Gasteiger charge is 2.07. The fourth-order valence-electron chi connectivity index (χ4n) is 1.53. The van der Waals surface area contributed by atoms with Crippen LogP contribution >= 0.6 is 0 Å². The molecule has 2 rings (SSSR count). The van der Waals surface area contributed by atoms with Gasteiger partial charge in [-0.2, -0.15) is 0 Å². The summed E-state index contributed by atoms with van der Waals surface area (Å²) in [6.45, 7) is 0. The van der Waals surface area contributed by atoms with E-state index in [9.17, 15) is 4.79 Å². The van der Waals surface area contributed by atoms with Gasteiger partial charge in [0.25, 0.3) is 0 Å². The molecule has 0 saturated carbocycles. The van der Waals surface area contributed by atoms with Crippen LogP contribution in [0, 0.1) is 0 Å². The molecule has 1 heterocycles. The Balaban J connectivity index is 2.57. The van der Waals surface area contributed by atoms with Crippen molar-refractivity contribution in [2.75, 3.05) is 7.11 Å². The van der Waals surface area contributed by atoms with Crippen LogP contribution in [0.1, 0.15) is 10.5 Å². The van der Waals surface area contributed by atoms with Gasteiger partial charge in [0.1, 0.15) is 11.4 Å². The number of benzene rings is 1. The molecule has 0 bridgehead atoms. The van der Waals surface area contributed by atoms with Gasteiger partial charge in [0.05, 0.1) is 13.3 Å². The molecule has 0 aliphatic rings. The van der Waals surface area contributed by atoms with Crippen molar-refractivity contribution < 1.29 is 9.53 Å². The SMILES string of the molecule is COc1cnc(C=O)cc1-c1ccccc1. The Morgan fingerprint density at radius 2 is 2.00 bits per heavy atom. The second-order valence-corrected chi connectivity index (χ2v) is 3.29. The number of rotatable bonds is 3. The summed E-state index contributed by atoms with van der Waals surface area (Å²) in [6, 6.07) is 11.5. The van der Waals surface area contributed by atoms with Crippen molar-refractivity contribution in [1.29, 1.82) is 0 Å². The summed E-state index contributed by atoms with van der Waals surface area (Å²) in [5.74, 6) is 0.664. The quantitative estimate of drug-likeness (QED) is 0.735. The van der Waals surface area contributed by atoms with Crippen LogP contribution in [0.3, 0.4) is 0 Å². The van der Waals surface area contributed by atoms with E-state index in [1.54, 1.807) is 19.4 Å². The lowest BCUT2D eigenvalue weighted by Crippen LogP contribution is -1.93. The van der Waals surface area contributed by atoms with Crippen molar-refractivity contribution in [3.8, 4) is 16.9 Å². The molecular weight excluding hydrogens is 202 g/mol. The maximum atomic E-state index is 10.7. The van der Waals surface area contributed by atoms with Crippen LogP contribution < -0.4 is 4.74 Å². The minimum Gasteiger partial charge on any atom is -0.494 e. The maximum Gasteiger partial charge on any atom is 0.168 e. The zero-order chi connectivity index (χ0) is 11.4. The Labute approximate surface area is 93.7 Å². The number of pyridine rings is 1. The maximum absolute atomic E-state index is 10.7. The molecule has 3 heteroatoms. The minimum absolute atomic E-state index is 0.402. The van der Waals surface area contributed by atoms with Gasteiger partial charge in [-0.25, -0.2) is 4.98 Å². The monoisotopic (exact) mass is 213 g/mol. The molecule has 80 valence electrons. The average Bonchev–Trinajstić information content (AvgIpc) is 2.39. The molecule has 1 aromatic carbocycles. The molecule has 0 atom stereocenters. The number of aldehydes is 1. The average molecular weight is 213 g/mol. The third-order valence-electron chi connectivity index (χ3n) is 2.31. The van der Waals surface area contributed by atoms with E-state index in [-0.39, 0.29) is 0 Å². The van der Waals surface area contributed by atoms with E-state index < -0.39 is 0 Å². The summed E-state index contributed by atoms with van der Waals surface area (Å²) in [7, 11) is 1.59. The van der Waals surface area contributed by atoms with E-state index in [4.69, 9.17) is 4.74 Å². The predicted molar refractivity (Wildman–Crippen MR) is 61.6 cm³/mol. The minimum atomic E-state index is 0.402. The smallest absolute Gasteiger partial charge is 0.168 e. The van der Waals surface area contributed by atoms with Gasteiger partial charge in [0.2, 0.25) is 0 Å². The second kappa shape index (κ2) is 4.57. The van der Waals surface area contributed by atoms with E-state index in [1.807, 2.05) is 30.3 Å². The molecule has 3 nitrogen and oxygen atoms in total. The molecule has 0 spiro atoms. The van der Waals surface area contributed by atoms with E-state index in [2.05, 4.69) is 4.98 Å². The summed E-state index contributed by atoms with van der Waals surface area (Å²) in [4.78, 5) is 14.6. The van der Waals surface area contributed by atoms with Crippen molar-refractivity contribution >= 4 is 6.29 Å². The van der Waals surface area contributed by atoms with Crippen LogP contribution in [-0.2, 0) is 0 Å². The van der Waals surface area contributed by atoms with Crippen molar-refractivity contribution in [3.05, 3.63) is 48.3 Å². The fraction of sp³-hybridized carbons (Fsp3) is 0.0769. The largest absolute Gasteiger partial charge is 0.494 e. The lowest BCUT2D eigenvalue weighted by atomic mass is 10.1. The van der Waals surface area contributed by atoms with Crippen molar-refractivity contribution in [3.63, 3.8) is 0 Å². The van der Waals surface area contributed by atoms with Gasteiger partial charge in [-0.1, -0.05) is 30.3 Å². The molecule has 0 aliphatic carbocycles. The number of hydrogen-bond donors (Lipinski definition) is 0. The van der Waals surface area contributed by atoms with Crippen molar-refractivity contribution in [2.45, 2.75) is 0 Å². The molecule has 0 fully saturated rings. The molecule has 2 aromatic rings. The molecule has 1 aromatic heterocycles. The van der Waals surface area contributed by atoms with Crippen molar-refractivity contribution in [1.82, 2.24) is 4.98 Å². The number of hydrogen-bond acceptors (Lipinski definition) is 3. The Bertz CT molecular complexity index is 495. The number of aromatic nitrogens is 1. The first-order valence-electron chi connectivity index (χ1n) is 4.90. The normalized spacial score (nSPS) is 9.81. The fourth-order valence-corrected chi connectivity index (χ4v) is 1.53. The van der Waals surface area contributed by atoms with E-state index >= 15 is 0 Å². The Hall–Kier alpha value is -2.16. The molecule has 0 saturated heterocycles. The van der Waals surface area contributed by atoms with Gasteiger partial charge in [-0.3, -0.25) is 4.79 Å². The zero-order valence-electron chi connectivity index (χ0n) is 8.88. The number of carbonyl (C=O) groups excluding carboxylic acids is 1. The molecule has 0 aliphatic heterocycles. The van der Waals surface area contributed by atoms with Crippen LogP contribution in [0.15, 0.2) is 42.6 Å². The molecular formula is C13H11NO2. The van der Waals surface area contributed by atoms with Gasteiger partial charge in [0, 0.05) is 5.56 Å². The topological polar surface area (TPSA) is 39.2 Å². The molecule has 0 unspecified atom stereocenters. The van der Waals surface area contributed by atoms with Crippen LogP contribution in [-0.4, -0.2) is 18.4 Å². The van der Waals surface area contributed by atoms with Gasteiger partial charge in [-0.15, -0.1) is 0 Å². The van der Waals surface area contributed by atoms with Crippen LogP contribution in [0.5, 0.6) is 5.75 Å². The van der Waals surface area contributed by atoms with E-state index in [0.29, 0.717) is 11.4 Å². The Kier molecular flexibility index (Phi) is 2.96. The molecule has 16 heavy (non-hydrogen) atoms. The van der Waals surface area contributed by atoms with E-state index in [1.165, 1.54) is 0 Å². The first kappa shape index (κ1) is 10.4. The van der Waals surface area contributed by atoms with Crippen molar-refractivity contribution in [2.24, 2.45) is 0 Å². The number of ether oxygens (including phenoxy) is 1. The van der Waals surface area contributed by atoms with Crippen LogP contribution in [0.4, 0.5) is 0 Å². The van der Waals surface area contributed by atoms with E-state index in [0.717, 1.165) is 17.4 Å². The summed E-state index contributed by atoms with van der Waals surface area (Å²) >= 11 is 0. The summed E-state index contributed by atoms with van der Waals surface area (Å²) in [6.07, 6.45) is 2.29. The number of methoxy groups -OCH3 is 1. The summed E-state index contributed by atoms with van der Waals surface area (Å²) < 4.78 is 5.22. The standard InChI is InChI=1S/C13H11NO2/c1-16-13-8-14-11(9-15)7-12(13)10-5-3-2-4-6-10/h2-9H,1H3. The lowest BCUT2D eigenvalue weighted by molar-refractivity contribution is 0.111. The summed E-state index contributed by atoms with van der Waals surface area (Å²) in [5.41, 5.74) is 2.28. The number of nitrogens with zero attached hydrogens (tertiary/aromatic N) is 1. The summed E-state index contributed by atoms with van der Waals surface area (Å²) in [5, 5.41) is 0. The predicted octanol–water partition coefficient (Wildman–Crippen LogP) is 2.57. The van der Waals surface area contributed by atoms with Crippen LogP contribution in [0.2, 0.25) is 0 Å². The second-order valence-electron chi connectivity index (χ2n) is 3.29. The van der Waals surface area contributed by atoms with Gasteiger partial charge in [-0.05, 0) is 11.6 Å². The Morgan fingerprint density at radius 3 is 2.62 bits per heavy atom. The Morgan fingerprint density at radius 1 is 1.25 bits per heavy atom. The highest BCUT2D eigenvalue weighted by atomic mass is 16.5. The van der Waals surface area contributed by atoms with Gasteiger partial charge >= 0.3 is 0 Å². The van der Waals surface area contributed by atoms with Crippen LogP contribution in [0.25, 0.3) is 11.1 Å². The number of carbonyl (C=O) groups is 1. The molecule has 0 radical (unpaired) electrons. The first-order chi connectivity index (χ1) is 7.85. The third kappa shape index (κ3) is 1.93. The van der Waals surface area contributed by atoms with Gasteiger partial charge < -0.3 is 4.74 Å². The molecule has 0 amide bonds. The first-order valence-corrected chi connectivity index (χ1v) is 4.90. The molecule has 0 N–H and O–H groups in total.